The standard InChI is InChI=1S/C20H16ClN3O4S/c1-13(25)23-16-5-7-17(8-6-16)24-20(26)14-2-11-19(22-12-14)29(27,28)18-9-3-15(21)4-10-18/h2-12H,1H3,(H,23,25)(H,24,26). The summed E-state index contributed by atoms with van der Waals surface area (Å²) in [5, 5.41) is 5.56. The Hall–Kier alpha value is -3.23. The first-order valence-corrected chi connectivity index (χ1v) is 10.3. The monoisotopic (exact) mass is 429 g/mol. The Morgan fingerprint density at radius 3 is 1.97 bits per heavy atom. The molecule has 0 saturated heterocycles. The maximum Gasteiger partial charge on any atom is 0.257 e. The molecule has 0 aliphatic rings. The minimum Gasteiger partial charge on any atom is -0.326 e. The fourth-order valence-corrected chi connectivity index (χ4v) is 3.75. The Morgan fingerprint density at radius 2 is 1.45 bits per heavy atom. The third-order valence-corrected chi connectivity index (χ3v) is 5.80. The molecule has 0 atom stereocenters. The summed E-state index contributed by atoms with van der Waals surface area (Å²) in [6.45, 7) is 1.40. The van der Waals surface area contributed by atoms with Crippen LogP contribution in [0.4, 0.5) is 11.4 Å². The Balaban J connectivity index is 1.73. The van der Waals surface area contributed by atoms with Crippen LogP contribution in [0, 0.1) is 0 Å². The number of nitrogens with one attached hydrogen (secondary N) is 2. The molecular weight excluding hydrogens is 414 g/mol. The summed E-state index contributed by atoms with van der Waals surface area (Å²) in [5.74, 6) is -0.637. The molecule has 2 N–H and O–H groups in total. The van der Waals surface area contributed by atoms with Crippen molar-refractivity contribution in [3.8, 4) is 0 Å². The highest BCUT2D eigenvalue weighted by molar-refractivity contribution is 7.91. The van der Waals surface area contributed by atoms with Crippen molar-refractivity contribution in [3.05, 3.63) is 77.4 Å². The maximum absolute atomic E-state index is 12.6. The zero-order chi connectivity index (χ0) is 21.0. The molecule has 9 heteroatoms. The minimum atomic E-state index is -3.81. The number of nitrogens with zero attached hydrogens (tertiary/aromatic N) is 1. The van der Waals surface area contributed by atoms with E-state index in [1.54, 1.807) is 24.3 Å². The van der Waals surface area contributed by atoms with E-state index in [4.69, 9.17) is 11.6 Å². The van der Waals surface area contributed by atoms with Crippen molar-refractivity contribution >= 4 is 44.6 Å². The van der Waals surface area contributed by atoms with Gasteiger partial charge < -0.3 is 10.6 Å². The van der Waals surface area contributed by atoms with Crippen molar-refractivity contribution in [1.29, 1.82) is 0 Å². The number of benzene rings is 2. The summed E-state index contributed by atoms with van der Waals surface area (Å²) in [7, 11) is -3.81. The van der Waals surface area contributed by atoms with E-state index in [2.05, 4.69) is 15.6 Å². The van der Waals surface area contributed by atoms with Gasteiger partial charge in [-0.3, -0.25) is 9.59 Å². The van der Waals surface area contributed by atoms with E-state index in [-0.39, 0.29) is 21.4 Å². The van der Waals surface area contributed by atoms with Crippen LogP contribution in [0.5, 0.6) is 0 Å². The van der Waals surface area contributed by atoms with Gasteiger partial charge in [0.05, 0.1) is 10.5 Å². The molecule has 0 fully saturated rings. The molecule has 0 spiro atoms. The lowest BCUT2D eigenvalue weighted by Crippen LogP contribution is -2.13. The molecule has 148 valence electrons. The summed E-state index contributed by atoms with van der Waals surface area (Å²) in [6.07, 6.45) is 1.20. The molecule has 1 heterocycles. The quantitative estimate of drug-likeness (QED) is 0.642. The molecule has 0 unspecified atom stereocenters. The molecule has 0 aliphatic carbocycles. The van der Waals surface area contributed by atoms with Gasteiger partial charge in [0.15, 0.2) is 5.03 Å². The van der Waals surface area contributed by atoms with Crippen molar-refractivity contribution < 1.29 is 18.0 Å². The van der Waals surface area contributed by atoms with Crippen LogP contribution in [-0.2, 0) is 14.6 Å². The molecule has 1 aromatic heterocycles. The Bertz CT molecular complexity index is 1140. The average Bonchev–Trinajstić information content (AvgIpc) is 2.69. The first-order valence-electron chi connectivity index (χ1n) is 8.41. The van der Waals surface area contributed by atoms with Gasteiger partial charge in [0.2, 0.25) is 15.7 Å². The molecule has 29 heavy (non-hydrogen) atoms. The SMILES string of the molecule is CC(=O)Nc1ccc(NC(=O)c2ccc(S(=O)(=O)c3ccc(Cl)cc3)nc2)cc1. The number of hydrogen-bond donors (Lipinski definition) is 2. The van der Waals surface area contributed by atoms with Crippen molar-refractivity contribution in [2.75, 3.05) is 10.6 Å². The highest BCUT2D eigenvalue weighted by atomic mass is 35.5. The highest BCUT2D eigenvalue weighted by Gasteiger charge is 2.19. The van der Waals surface area contributed by atoms with Crippen LogP contribution in [0.15, 0.2) is 76.8 Å². The Morgan fingerprint density at radius 1 is 0.862 bits per heavy atom. The molecule has 3 rings (SSSR count). The first-order chi connectivity index (χ1) is 13.8. The van der Waals surface area contributed by atoms with Gasteiger partial charge >= 0.3 is 0 Å². The molecular formula is C20H16ClN3O4S. The van der Waals surface area contributed by atoms with E-state index in [0.717, 1.165) is 0 Å². The molecule has 0 aliphatic heterocycles. The van der Waals surface area contributed by atoms with Crippen LogP contribution in [0.1, 0.15) is 17.3 Å². The normalized spacial score (nSPS) is 11.0. The molecule has 0 bridgehead atoms. The number of aromatic nitrogens is 1. The van der Waals surface area contributed by atoms with Gasteiger partial charge in [0, 0.05) is 29.5 Å². The van der Waals surface area contributed by atoms with Gasteiger partial charge in [0.25, 0.3) is 5.91 Å². The topological polar surface area (TPSA) is 105 Å². The fraction of sp³-hybridized carbons (Fsp3) is 0.0500. The summed E-state index contributed by atoms with van der Waals surface area (Å²) in [5.41, 5.74) is 1.32. The van der Waals surface area contributed by atoms with Gasteiger partial charge in [-0.05, 0) is 60.7 Å². The van der Waals surface area contributed by atoms with E-state index in [0.29, 0.717) is 16.4 Å². The molecule has 0 saturated carbocycles. The van der Waals surface area contributed by atoms with Gasteiger partial charge in [0.1, 0.15) is 0 Å². The number of sulfone groups is 1. The van der Waals surface area contributed by atoms with Crippen LogP contribution < -0.4 is 10.6 Å². The van der Waals surface area contributed by atoms with Crippen LogP contribution in [0.25, 0.3) is 0 Å². The van der Waals surface area contributed by atoms with Crippen molar-refractivity contribution in [2.24, 2.45) is 0 Å². The number of anilines is 2. The van der Waals surface area contributed by atoms with Crippen LogP contribution in [0.2, 0.25) is 5.02 Å². The van der Waals surface area contributed by atoms with E-state index in [1.807, 2.05) is 0 Å². The predicted molar refractivity (Wildman–Crippen MR) is 110 cm³/mol. The molecule has 3 aromatic rings. The number of rotatable bonds is 5. The third kappa shape index (κ3) is 4.98. The smallest absolute Gasteiger partial charge is 0.257 e. The van der Waals surface area contributed by atoms with E-state index >= 15 is 0 Å². The average molecular weight is 430 g/mol. The largest absolute Gasteiger partial charge is 0.326 e. The number of carbonyl (C=O) groups excluding carboxylic acids is 2. The first kappa shape index (κ1) is 20.5. The highest BCUT2D eigenvalue weighted by Crippen LogP contribution is 2.21. The van der Waals surface area contributed by atoms with Crippen molar-refractivity contribution in [1.82, 2.24) is 4.98 Å². The number of hydrogen-bond acceptors (Lipinski definition) is 5. The summed E-state index contributed by atoms with van der Waals surface area (Å²) < 4.78 is 25.2. The van der Waals surface area contributed by atoms with Gasteiger partial charge in [-0.25, -0.2) is 13.4 Å². The zero-order valence-corrected chi connectivity index (χ0v) is 16.8. The van der Waals surface area contributed by atoms with Crippen LogP contribution >= 0.6 is 11.6 Å². The van der Waals surface area contributed by atoms with E-state index in [1.165, 1.54) is 49.5 Å². The lowest BCUT2D eigenvalue weighted by molar-refractivity contribution is -0.114. The molecule has 0 radical (unpaired) electrons. The summed E-state index contributed by atoms with van der Waals surface area (Å²) in [4.78, 5) is 27.4. The van der Waals surface area contributed by atoms with Crippen molar-refractivity contribution in [2.45, 2.75) is 16.8 Å². The van der Waals surface area contributed by atoms with E-state index < -0.39 is 15.7 Å². The predicted octanol–water partition coefficient (Wildman–Crippen LogP) is 3.78. The molecule has 7 nitrogen and oxygen atoms in total. The zero-order valence-electron chi connectivity index (χ0n) is 15.2. The van der Waals surface area contributed by atoms with Gasteiger partial charge in [-0.2, -0.15) is 0 Å². The second kappa shape index (κ2) is 8.42. The lowest BCUT2D eigenvalue weighted by Gasteiger charge is -2.08. The van der Waals surface area contributed by atoms with Crippen LogP contribution in [-0.4, -0.2) is 25.2 Å². The van der Waals surface area contributed by atoms with E-state index in [9.17, 15) is 18.0 Å². The molecule has 2 amide bonds. The fourth-order valence-electron chi connectivity index (χ4n) is 2.45. The second-order valence-corrected chi connectivity index (χ2v) is 8.39. The van der Waals surface area contributed by atoms with Crippen molar-refractivity contribution in [3.63, 3.8) is 0 Å². The Kier molecular flexibility index (Phi) is 5.95. The second-order valence-electron chi connectivity index (χ2n) is 6.06. The van der Waals surface area contributed by atoms with Gasteiger partial charge in [-0.1, -0.05) is 11.6 Å². The third-order valence-electron chi connectivity index (χ3n) is 3.86. The minimum absolute atomic E-state index is 0.0610. The maximum atomic E-state index is 12.6. The number of amides is 2. The Labute approximate surface area is 172 Å². The summed E-state index contributed by atoms with van der Waals surface area (Å²) >= 11 is 5.79. The number of carbonyl (C=O) groups is 2. The molecule has 2 aromatic carbocycles. The van der Waals surface area contributed by atoms with Crippen LogP contribution in [0.3, 0.4) is 0 Å². The van der Waals surface area contributed by atoms with Gasteiger partial charge in [-0.15, -0.1) is 0 Å². The summed E-state index contributed by atoms with van der Waals surface area (Å²) in [6, 6.07) is 15.0. The number of pyridine rings is 1. The lowest BCUT2D eigenvalue weighted by atomic mass is 10.2. The number of halogens is 1.